The standard InChI is InChI=1S/C17H15F3N2O4/c18-17(19,20)26-13-6-4-11(5-7-13)9-22-15(23)10-25-14-3-1-2-12(8-14)16(21)24/h1-8H,9-10H2,(H2,21,24)(H,22,23). The Hall–Kier alpha value is -3.23. The number of alkyl halides is 3. The molecule has 0 fully saturated rings. The van der Waals surface area contributed by atoms with E-state index in [1.54, 1.807) is 12.1 Å². The molecule has 0 atom stereocenters. The molecule has 0 aliphatic rings. The summed E-state index contributed by atoms with van der Waals surface area (Å²) in [5.41, 5.74) is 5.99. The second-order valence-electron chi connectivity index (χ2n) is 5.15. The number of nitrogens with two attached hydrogens (primary N) is 1. The lowest BCUT2D eigenvalue weighted by molar-refractivity contribution is -0.274. The molecule has 0 spiro atoms. The van der Waals surface area contributed by atoms with Gasteiger partial charge in [-0.15, -0.1) is 13.2 Å². The van der Waals surface area contributed by atoms with Crippen LogP contribution in [0.25, 0.3) is 0 Å². The minimum Gasteiger partial charge on any atom is -0.484 e. The molecule has 2 aromatic carbocycles. The summed E-state index contributed by atoms with van der Waals surface area (Å²) in [6.07, 6.45) is -4.75. The Morgan fingerprint density at radius 3 is 2.35 bits per heavy atom. The van der Waals surface area contributed by atoms with Gasteiger partial charge in [-0.2, -0.15) is 0 Å². The molecule has 0 radical (unpaired) electrons. The van der Waals surface area contributed by atoms with E-state index in [2.05, 4.69) is 10.1 Å². The molecular formula is C17H15F3N2O4. The highest BCUT2D eigenvalue weighted by atomic mass is 19.4. The van der Waals surface area contributed by atoms with Crippen LogP contribution in [0.5, 0.6) is 11.5 Å². The van der Waals surface area contributed by atoms with E-state index >= 15 is 0 Å². The number of nitrogens with one attached hydrogen (secondary N) is 1. The Morgan fingerprint density at radius 1 is 1.04 bits per heavy atom. The smallest absolute Gasteiger partial charge is 0.484 e. The van der Waals surface area contributed by atoms with Gasteiger partial charge >= 0.3 is 6.36 Å². The van der Waals surface area contributed by atoms with Crippen molar-refractivity contribution in [3.05, 3.63) is 59.7 Å². The van der Waals surface area contributed by atoms with Gasteiger partial charge in [-0.1, -0.05) is 18.2 Å². The highest BCUT2D eigenvalue weighted by Gasteiger charge is 2.30. The van der Waals surface area contributed by atoms with E-state index in [0.29, 0.717) is 11.3 Å². The summed E-state index contributed by atoms with van der Waals surface area (Å²) in [5, 5.41) is 2.56. The van der Waals surface area contributed by atoms with Crippen LogP contribution in [0.1, 0.15) is 15.9 Å². The summed E-state index contributed by atoms with van der Waals surface area (Å²) in [5.74, 6) is -1.08. The molecule has 0 aliphatic heterocycles. The van der Waals surface area contributed by atoms with Gasteiger partial charge in [-0.3, -0.25) is 9.59 Å². The maximum Gasteiger partial charge on any atom is 0.573 e. The summed E-state index contributed by atoms with van der Waals surface area (Å²) in [4.78, 5) is 22.8. The molecule has 0 bridgehead atoms. The number of benzene rings is 2. The zero-order chi connectivity index (χ0) is 19.2. The van der Waals surface area contributed by atoms with Crippen LogP contribution in [0.4, 0.5) is 13.2 Å². The minimum atomic E-state index is -4.75. The fourth-order valence-corrected chi connectivity index (χ4v) is 1.95. The fourth-order valence-electron chi connectivity index (χ4n) is 1.95. The van der Waals surface area contributed by atoms with Crippen molar-refractivity contribution in [1.29, 1.82) is 0 Å². The van der Waals surface area contributed by atoms with E-state index in [4.69, 9.17) is 10.5 Å². The van der Waals surface area contributed by atoms with Crippen molar-refractivity contribution in [3.8, 4) is 11.5 Å². The van der Waals surface area contributed by atoms with Crippen LogP contribution >= 0.6 is 0 Å². The molecule has 3 N–H and O–H groups in total. The molecular weight excluding hydrogens is 353 g/mol. The first kappa shape index (κ1) is 19.1. The topological polar surface area (TPSA) is 90.7 Å². The van der Waals surface area contributed by atoms with Crippen LogP contribution in [0.3, 0.4) is 0 Å². The largest absolute Gasteiger partial charge is 0.573 e. The first-order valence-electron chi connectivity index (χ1n) is 7.37. The average molecular weight is 368 g/mol. The van der Waals surface area contributed by atoms with Crippen LogP contribution in [0.15, 0.2) is 48.5 Å². The third-order valence-electron chi connectivity index (χ3n) is 3.14. The lowest BCUT2D eigenvalue weighted by Gasteiger charge is -2.10. The van der Waals surface area contributed by atoms with Crippen molar-refractivity contribution in [2.75, 3.05) is 6.61 Å². The molecule has 0 aromatic heterocycles. The van der Waals surface area contributed by atoms with Gasteiger partial charge in [0.25, 0.3) is 5.91 Å². The van der Waals surface area contributed by atoms with Gasteiger partial charge in [0.05, 0.1) is 0 Å². The molecule has 2 aromatic rings. The molecule has 6 nitrogen and oxygen atoms in total. The Kier molecular flexibility index (Phi) is 6.05. The van der Waals surface area contributed by atoms with Gasteiger partial charge in [0.15, 0.2) is 6.61 Å². The number of carbonyl (C=O) groups is 2. The van der Waals surface area contributed by atoms with Crippen molar-refractivity contribution in [2.24, 2.45) is 5.73 Å². The van der Waals surface area contributed by atoms with Crippen LogP contribution in [0.2, 0.25) is 0 Å². The molecule has 9 heteroatoms. The first-order chi connectivity index (χ1) is 12.2. The maximum absolute atomic E-state index is 12.1. The summed E-state index contributed by atoms with van der Waals surface area (Å²) in [6, 6.07) is 11.2. The van der Waals surface area contributed by atoms with Crippen LogP contribution in [-0.2, 0) is 11.3 Å². The Morgan fingerprint density at radius 2 is 1.73 bits per heavy atom. The number of ether oxygens (including phenoxy) is 2. The Bertz CT molecular complexity index is 776. The van der Waals surface area contributed by atoms with Crippen molar-refractivity contribution >= 4 is 11.8 Å². The zero-order valence-electron chi connectivity index (χ0n) is 13.4. The normalized spacial score (nSPS) is 10.9. The molecule has 2 rings (SSSR count). The summed E-state index contributed by atoms with van der Waals surface area (Å²) in [7, 11) is 0. The molecule has 26 heavy (non-hydrogen) atoms. The van der Waals surface area contributed by atoms with Gasteiger partial charge in [-0.25, -0.2) is 0 Å². The minimum absolute atomic E-state index is 0.107. The molecule has 0 aliphatic carbocycles. The van der Waals surface area contributed by atoms with Gasteiger partial charge in [0.1, 0.15) is 11.5 Å². The summed E-state index contributed by atoms with van der Waals surface area (Å²) in [6.45, 7) is -0.187. The molecule has 138 valence electrons. The van der Waals surface area contributed by atoms with Gasteiger partial charge in [0.2, 0.25) is 5.91 Å². The highest BCUT2D eigenvalue weighted by molar-refractivity contribution is 5.93. The van der Waals surface area contributed by atoms with Gasteiger partial charge in [-0.05, 0) is 35.9 Å². The van der Waals surface area contributed by atoms with E-state index in [9.17, 15) is 22.8 Å². The maximum atomic E-state index is 12.1. The molecule has 0 unspecified atom stereocenters. The number of halogens is 3. The summed E-state index contributed by atoms with van der Waals surface area (Å²) < 4.78 is 45.2. The lowest BCUT2D eigenvalue weighted by Crippen LogP contribution is -2.28. The third-order valence-corrected chi connectivity index (χ3v) is 3.14. The predicted molar refractivity (Wildman–Crippen MR) is 85.4 cm³/mol. The van der Waals surface area contributed by atoms with Gasteiger partial charge < -0.3 is 20.5 Å². The average Bonchev–Trinajstić information content (AvgIpc) is 2.58. The van der Waals surface area contributed by atoms with E-state index in [-0.39, 0.29) is 24.5 Å². The zero-order valence-corrected chi connectivity index (χ0v) is 13.4. The number of amides is 2. The van der Waals surface area contributed by atoms with E-state index in [1.807, 2.05) is 0 Å². The number of hydrogen-bond donors (Lipinski definition) is 2. The SMILES string of the molecule is NC(=O)c1cccc(OCC(=O)NCc2ccc(OC(F)(F)F)cc2)c1. The van der Waals surface area contributed by atoms with Crippen molar-refractivity contribution < 1.29 is 32.2 Å². The summed E-state index contributed by atoms with van der Waals surface area (Å²) >= 11 is 0. The predicted octanol–water partition coefficient (Wildman–Crippen LogP) is 2.38. The highest BCUT2D eigenvalue weighted by Crippen LogP contribution is 2.22. The number of carbonyl (C=O) groups excluding carboxylic acids is 2. The third kappa shape index (κ3) is 6.34. The monoisotopic (exact) mass is 368 g/mol. The molecule has 0 saturated carbocycles. The van der Waals surface area contributed by atoms with Crippen LogP contribution < -0.4 is 20.5 Å². The van der Waals surface area contributed by atoms with Crippen molar-refractivity contribution in [2.45, 2.75) is 12.9 Å². The van der Waals surface area contributed by atoms with E-state index in [1.165, 1.54) is 24.3 Å². The lowest BCUT2D eigenvalue weighted by atomic mass is 10.2. The van der Waals surface area contributed by atoms with Crippen molar-refractivity contribution in [1.82, 2.24) is 5.32 Å². The Balaban J connectivity index is 1.80. The van der Waals surface area contributed by atoms with E-state index in [0.717, 1.165) is 12.1 Å². The van der Waals surface area contributed by atoms with E-state index < -0.39 is 18.2 Å². The first-order valence-corrected chi connectivity index (χ1v) is 7.37. The second kappa shape index (κ2) is 8.24. The Labute approximate surface area is 146 Å². The molecule has 2 amide bonds. The van der Waals surface area contributed by atoms with Crippen molar-refractivity contribution in [3.63, 3.8) is 0 Å². The van der Waals surface area contributed by atoms with Crippen LogP contribution in [0, 0.1) is 0 Å². The van der Waals surface area contributed by atoms with Crippen LogP contribution in [-0.4, -0.2) is 24.8 Å². The molecule has 0 saturated heterocycles. The second-order valence-corrected chi connectivity index (χ2v) is 5.15. The molecule has 0 heterocycles. The quantitative estimate of drug-likeness (QED) is 0.785. The van der Waals surface area contributed by atoms with Gasteiger partial charge in [0, 0.05) is 12.1 Å². The number of hydrogen-bond acceptors (Lipinski definition) is 4. The fraction of sp³-hybridized carbons (Fsp3) is 0.176. The number of primary amides is 1. The number of rotatable bonds is 7.